The molecule has 1 aromatic rings. The second kappa shape index (κ2) is 7.11. The van der Waals surface area contributed by atoms with E-state index in [1.165, 1.54) is 0 Å². The molecule has 0 aromatic heterocycles. The van der Waals surface area contributed by atoms with Crippen molar-refractivity contribution >= 4 is 15.7 Å². The molecule has 1 amide bonds. The van der Waals surface area contributed by atoms with E-state index in [4.69, 9.17) is 4.74 Å². The summed E-state index contributed by atoms with van der Waals surface area (Å²) in [7, 11) is -1.94. The number of carbonyl (C=O) groups excluding carboxylic acids is 1. The van der Waals surface area contributed by atoms with Gasteiger partial charge in [-0.2, -0.15) is 0 Å². The van der Waals surface area contributed by atoms with E-state index < -0.39 is 20.5 Å². The van der Waals surface area contributed by atoms with Crippen LogP contribution in [0, 0.1) is 6.92 Å². The second-order valence-corrected chi connectivity index (χ2v) is 8.78. The number of benzene rings is 1. The van der Waals surface area contributed by atoms with Crippen LogP contribution in [-0.2, 0) is 14.6 Å². The van der Waals surface area contributed by atoms with Crippen molar-refractivity contribution in [3.8, 4) is 5.75 Å². The van der Waals surface area contributed by atoms with Crippen LogP contribution in [-0.4, -0.2) is 45.5 Å². The van der Waals surface area contributed by atoms with Crippen LogP contribution >= 0.6 is 0 Å². The maximum Gasteiger partial charge on any atom is 0.242 e. The third kappa shape index (κ3) is 3.57. The van der Waals surface area contributed by atoms with Crippen molar-refractivity contribution in [1.29, 1.82) is 0 Å². The predicted molar refractivity (Wildman–Crippen MR) is 94.0 cm³/mol. The molecule has 134 valence electrons. The van der Waals surface area contributed by atoms with E-state index >= 15 is 0 Å². The molecule has 0 saturated carbocycles. The Bertz CT molecular complexity index is 709. The van der Waals surface area contributed by atoms with E-state index in [0.717, 1.165) is 17.4 Å². The Morgan fingerprint density at radius 3 is 2.50 bits per heavy atom. The summed E-state index contributed by atoms with van der Waals surface area (Å²) in [5, 5.41) is 6.00. The summed E-state index contributed by atoms with van der Waals surface area (Å²) in [6, 6.07) is 5.38. The average molecular weight is 354 g/mol. The van der Waals surface area contributed by atoms with E-state index in [2.05, 4.69) is 10.6 Å². The van der Waals surface area contributed by atoms with Gasteiger partial charge in [0.05, 0.1) is 13.2 Å². The number of hydrogen-bond donors (Lipinski definition) is 2. The number of piperidine rings is 1. The number of ether oxygens (including phenoxy) is 1. The monoisotopic (exact) mass is 354 g/mol. The molecule has 6 nitrogen and oxygen atoms in total. The molecule has 1 atom stereocenters. The van der Waals surface area contributed by atoms with Crippen molar-refractivity contribution in [3.63, 3.8) is 0 Å². The highest BCUT2D eigenvalue weighted by molar-refractivity contribution is 7.92. The molecule has 0 aliphatic carbocycles. The van der Waals surface area contributed by atoms with E-state index in [-0.39, 0.29) is 18.9 Å². The number of aryl methyl sites for hydroxylation is 1. The molecule has 0 spiro atoms. The van der Waals surface area contributed by atoms with Gasteiger partial charge < -0.3 is 15.4 Å². The third-order valence-electron chi connectivity index (χ3n) is 4.73. The van der Waals surface area contributed by atoms with Gasteiger partial charge in [-0.1, -0.05) is 17.7 Å². The summed E-state index contributed by atoms with van der Waals surface area (Å²) in [5.41, 5.74) is 1.88. The van der Waals surface area contributed by atoms with Crippen molar-refractivity contribution in [3.05, 3.63) is 29.3 Å². The number of hydrogen-bond acceptors (Lipinski definition) is 5. The summed E-state index contributed by atoms with van der Waals surface area (Å²) in [5.74, 6) is 0.245. The number of carbonyl (C=O) groups is 1. The lowest BCUT2D eigenvalue weighted by Crippen LogP contribution is -2.57. The fourth-order valence-electron chi connectivity index (χ4n) is 3.19. The van der Waals surface area contributed by atoms with Crippen molar-refractivity contribution in [1.82, 2.24) is 10.6 Å². The summed E-state index contributed by atoms with van der Waals surface area (Å²) in [6.07, 6.45) is 1.72. The zero-order valence-corrected chi connectivity index (χ0v) is 15.5. The molecule has 1 saturated heterocycles. The Labute approximate surface area is 143 Å². The molecule has 1 fully saturated rings. The van der Waals surface area contributed by atoms with Crippen LogP contribution in [0.5, 0.6) is 5.75 Å². The summed E-state index contributed by atoms with van der Waals surface area (Å²) >= 11 is 0. The summed E-state index contributed by atoms with van der Waals surface area (Å²) < 4.78 is 28.7. The smallest absolute Gasteiger partial charge is 0.242 e. The molecule has 7 heteroatoms. The number of nitrogens with one attached hydrogen (secondary N) is 2. The molecular formula is C17H26N2O4S. The molecule has 1 heterocycles. The van der Waals surface area contributed by atoms with E-state index in [0.29, 0.717) is 18.8 Å². The van der Waals surface area contributed by atoms with Crippen molar-refractivity contribution in [2.45, 2.75) is 37.5 Å². The first-order chi connectivity index (χ1) is 11.2. The van der Waals surface area contributed by atoms with Gasteiger partial charge in [0.15, 0.2) is 14.6 Å². The van der Waals surface area contributed by atoms with Crippen LogP contribution in [0.3, 0.4) is 0 Å². The minimum Gasteiger partial charge on any atom is -0.496 e. The highest BCUT2D eigenvalue weighted by Gasteiger charge is 2.48. The van der Waals surface area contributed by atoms with E-state index in [1.54, 1.807) is 7.11 Å². The first-order valence-electron chi connectivity index (χ1n) is 8.07. The molecule has 1 aromatic carbocycles. The van der Waals surface area contributed by atoms with Gasteiger partial charge in [0, 0.05) is 11.8 Å². The molecular weight excluding hydrogens is 328 g/mol. The van der Waals surface area contributed by atoms with Crippen molar-refractivity contribution < 1.29 is 17.9 Å². The van der Waals surface area contributed by atoms with Crippen molar-refractivity contribution in [2.75, 3.05) is 26.5 Å². The Morgan fingerprint density at radius 2 is 1.96 bits per heavy atom. The molecule has 1 unspecified atom stereocenters. The molecule has 1 aliphatic rings. The Hall–Kier alpha value is -1.60. The largest absolute Gasteiger partial charge is 0.496 e. The second-order valence-electron chi connectivity index (χ2n) is 6.46. The summed E-state index contributed by atoms with van der Waals surface area (Å²) in [6.45, 7) is 4.83. The predicted octanol–water partition coefficient (Wildman–Crippen LogP) is 1.35. The van der Waals surface area contributed by atoms with Crippen LogP contribution in [0.2, 0.25) is 0 Å². The lowest BCUT2D eigenvalue weighted by Gasteiger charge is -2.35. The normalized spacial score (nSPS) is 18.7. The van der Waals surface area contributed by atoms with Crippen LogP contribution in [0.15, 0.2) is 18.2 Å². The quantitative estimate of drug-likeness (QED) is 0.834. The highest BCUT2D eigenvalue weighted by Crippen LogP contribution is 2.31. The Balaban J connectivity index is 2.29. The standard InChI is InChI=1S/C17H26N2O4S/c1-12-5-6-15(23-3)14(11-12)13(2)19-16(20)17(24(4,21)22)7-9-18-10-8-17/h5-6,11,13,18H,7-10H2,1-4H3,(H,19,20). The molecule has 0 bridgehead atoms. The van der Waals surface area contributed by atoms with Gasteiger partial charge in [-0.05, 0) is 45.8 Å². The minimum absolute atomic E-state index is 0.287. The third-order valence-corrected chi connectivity index (χ3v) is 6.75. The first-order valence-corrected chi connectivity index (χ1v) is 9.96. The Morgan fingerprint density at radius 1 is 1.33 bits per heavy atom. The zero-order chi connectivity index (χ0) is 18.0. The molecule has 2 N–H and O–H groups in total. The lowest BCUT2D eigenvalue weighted by atomic mass is 9.94. The number of sulfone groups is 1. The fourth-order valence-corrected chi connectivity index (χ4v) is 4.54. The van der Waals surface area contributed by atoms with Gasteiger partial charge in [0.1, 0.15) is 5.75 Å². The van der Waals surface area contributed by atoms with Crippen LogP contribution in [0.25, 0.3) is 0 Å². The van der Waals surface area contributed by atoms with Gasteiger partial charge in [0.2, 0.25) is 5.91 Å². The molecule has 1 aliphatic heterocycles. The maximum atomic E-state index is 12.9. The first kappa shape index (κ1) is 18.7. The van der Waals surface area contributed by atoms with E-state index in [1.807, 2.05) is 32.0 Å². The van der Waals surface area contributed by atoms with Gasteiger partial charge in [-0.15, -0.1) is 0 Å². The number of methoxy groups -OCH3 is 1. The molecule has 0 radical (unpaired) electrons. The Kier molecular flexibility index (Phi) is 5.55. The SMILES string of the molecule is COc1ccc(C)cc1C(C)NC(=O)C1(S(C)(=O)=O)CCNCC1. The number of rotatable bonds is 5. The molecule has 2 rings (SSSR count). The maximum absolute atomic E-state index is 12.9. The average Bonchev–Trinajstić information content (AvgIpc) is 2.54. The van der Waals surface area contributed by atoms with Crippen LogP contribution in [0.1, 0.15) is 36.9 Å². The zero-order valence-electron chi connectivity index (χ0n) is 14.7. The number of amides is 1. The lowest BCUT2D eigenvalue weighted by molar-refractivity contribution is -0.125. The summed E-state index contributed by atoms with van der Waals surface area (Å²) in [4.78, 5) is 12.9. The van der Waals surface area contributed by atoms with Crippen LogP contribution < -0.4 is 15.4 Å². The van der Waals surface area contributed by atoms with Crippen LogP contribution in [0.4, 0.5) is 0 Å². The highest BCUT2D eigenvalue weighted by atomic mass is 32.2. The van der Waals surface area contributed by atoms with Gasteiger partial charge in [-0.3, -0.25) is 4.79 Å². The van der Waals surface area contributed by atoms with Gasteiger partial charge in [0.25, 0.3) is 0 Å². The fraction of sp³-hybridized carbons (Fsp3) is 0.588. The minimum atomic E-state index is -3.52. The van der Waals surface area contributed by atoms with E-state index in [9.17, 15) is 13.2 Å². The van der Waals surface area contributed by atoms with Gasteiger partial charge in [-0.25, -0.2) is 8.42 Å². The van der Waals surface area contributed by atoms with Crippen molar-refractivity contribution in [2.24, 2.45) is 0 Å². The molecule has 24 heavy (non-hydrogen) atoms. The van der Waals surface area contributed by atoms with Gasteiger partial charge >= 0.3 is 0 Å². The topological polar surface area (TPSA) is 84.5 Å².